The Balaban J connectivity index is 2.08. The number of hydrogen-bond donors (Lipinski definition) is 10. The van der Waals surface area contributed by atoms with Crippen molar-refractivity contribution in [3.8, 4) is 11.5 Å². The highest BCUT2D eigenvalue weighted by molar-refractivity contribution is 6.02. The lowest BCUT2D eigenvalue weighted by atomic mass is 10.00. The minimum absolute atomic E-state index is 0.0359. The van der Waals surface area contributed by atoms with Crippen LogP contribution in [0.25, 0.3) is 0 Å². The molecule has 7 amide bonds. The predicted octanol–water partition coefficient (Wildman–Crippen LogP) is 1.04. The molecule has 10 N–H and O–H groups in total. The number of carboxylic acids is 1. The smallest absolute Gasteiger partial charge is 0.328 e. The Kier molecular flexibility index (Phi) is 20.3. The van der Waals surface area contributed by atoms with Crippen LogP contribution in [0.2, 0.25) is 0 Å². The van der Waals surface area contributed by atoms with Gasteiger partial charge in [-0.3, -0.25) is 38.4 Å². The van der Waals surface area contributed by atoms with E-state index in [2.05, 4.69) is 37.2 Å². The van der Waals surface area contributed by atoms with Crippen LogP contribution in [0.4, 0.5) is 0 Å². The number of ether oxygens (including phenoxy) is 1. The van der Waals surface area contributed by atoms with E-state index in [9.17, 15) is 58.5 Å². The number of benzene rings is 2. The maximum atomic E-state index is 14.4. The Morgan fingerprint density at radius 1 is 0.773 bits per heavy atom. The molecule has 0 aromatic heterocycles. The highest BCUT2D eigenvalue weighted by Crippen LogP contribution is 2.16. The number of aryl methyl sites for hydroxylation is 1. The topological polar surface area (TPSA) is 308 Å². The number of phenols is 2. The molecule has 0 unspecified atom stereocenters. The SMILES string of the molecule is CC=C(C)C(=O)N[C@H](C(=O)N[C@H](Cc1ccc(O)cc1)C(=O)N[C@@H]1C(=O)N[C@@H](C)C(=O)NC(=CC)C(=O)N[C@H](CCC(=O)O)C(=O)N[C@@H](CCCc2ccc(O)cc2)C(=O)O[C@@H]1C)C(C)C. The van der Waals surface area contributed by atoms with Gasteiger partial charge >= 0.3 is 11.9 Å². The second-order valence-electron chi connectivity index (χ2n) is 16.2. The van der Waals surface area contributed by atoms with Crippen LogP contribution in [0.1, 0.15) is 85.3 Å². The summed E-state index contributed by atoms with van der Waals surface area (Å²) in [6, 6.07) is 3.29. The second kappa shape index (κ2) is 25.3. The van der Waals surface area contributed by atoms with Gasteiger partial charge in [-0.1, -0.05) is 50.3 Å². The molecule has 1 saturated heterocycles. The molecule has 358 valence electrons. The standard InChI is InChI=1S/C46H61N7O13/c1-8-25(5)39(58)52-37(24(3)4)44(63)51-35(23-29-15-19-31(55)20-16-29)43(62)53-38-27(7)66-46(65)34(12-10-11-28-13-17-30(54)18-14-28)50-42(61)33(21-22-36(56)57)49-41(60)32(9-2)48-40(59)26(6)47-45(38)64/h8-9,13-20,24,26-27,33-35,37-38,54-55H,10-12,21-23H2,1-7H3,(H,47,64)(H,48,59)(H,49,60)(H,50,61)(H,51,63)(H,52,58)(H,53,62)(H,56,57)/t26-,27+,33+,34-,35+,37-,38-/m0/s1. The van der Waals surface area contributed by atoms with E-state index in [0.29, 0.717) is 17.6 Å². The molecule has 0 aliphatic carbocycles. The van der Waals surface area contributed by atoms with Crippen LogP contribution >= 0.6 is 0 Å². The Morgan fingerprint density at radius 2 is 1.38 bits per heavy atom. The molecule has 2 aromatic carbocycles. The van der Waals surface area contributed by atoms with Crippen LogP contribution in [0.3, 0.4) is 0 Å². The van der Waals surface area contributed by atoms with E-state index in [1.807, 2.05) is 0 Å². The molecule has 1 heterocycles. The van der Waals surface area contributed by atoms with Crippen molar-refractivity contribution in [1.29, 1.82) is 0 Å². The van der Waals surface area contributed by atoms with Crippen molar-refractivity contribution in [2.75, 3.05) is 0 Å². The lowest BCUT2D eigenvalue weighted by Crippen LogP contribution is -2.62. The molecule has 3 rings (SSSR count). The third-order valence-corrected chi connectivity index (χ3v) is 10.7. The molecule has 20 heteroatoms. The lowest BCUT2D eigenvalue weighted by Gasteiger charge is -2.30. The molecule has 0 radical (unpaired) electrons. The van der Waals surface area contributed by atoms with E-state index in [0.717, 1.165) is 5.56 Å². The van der Waals surface area contributed by atoms with Gasteiger partial charge in [0.15, 0.2) is 0 Å². The molecular formula is C46H61N7O13. The number of carbonyl (C=O) groups excluding carboxylic acids is 8. The van der Waals surface area contributed by atoms with Gasteiger partial charge in [-0.25, -0.2) is 4.79 Å². The van der Waals surface area contributed by atoms with Crippen molar-refractivity contribution in [1.82, 2.24) is 37.2 Å². The number of cyclic esters (lactones) is 1. The number of rotatable bonds is 16. The van der Waals surface area contributed by atoms with Gasteiger partial charge < -0.3 is 57.3 Å². The van der Waals surface area contributed by atoms with Crippen molar-refractivity contribution in [2.45, 2.75) is 129 Å². The zero-order valence-electron chi connectivity index (χ0n) is 38.1. The number of hydrogen-bond acceptors (Lipinski definition) is 12. The fourth-order valence-electron chi connectivity index (χ4n) is 6.58. The molecule has 66 heavy (non-hydrogen) atoms. The molecule has 1 fully saturated rings. The highest BCUT2D eigenvalue weighted by Gasteiger charge is 2.38. The number of carboxylic acid groups (broad SMARTS) is 1. The summed E-state index contributed by atoms with van der Waals surface area (Å²) in [5, 5.41) is 46.7. The molecule has 2 aromatic rings. The number of carbonyl (C=O) groups is 9. The zero-order chi connectivity index (χ0) is 49.2. The quantitative estimate of drug-likeness (QED) is 0.0833. The van der Waals surface area contributed by atoms with Crippen LogP contribution in [-0.4, -0.2) is 111 Å². The van der Waals surface area contributed by atoms with Gasteiger partial charge in [-0.15, -0.1) is 0 Å². The molecular weight excluding hydrogens is 859 g/mol. The third kappa shape index (κ3) is 16.4. The summed E-state index contributed by atoms with van der Waals surface area (Å²) in [6.45, 7) is 10.5. The van der Waals surface area contributed by atoms with Crippen LogP contribution in [0.15, 0.2) is 72.0 Å². The summed E-state index contributed by atoms with van der Waals surface area (Å²) in [6.07, 6.45) is 0.611. The summed E-state index contributed by atoms with van der Waals surface area (Å²) < 4.78 is 5.78. The number of aliphatic carboxylic acids is 1. The molecule has 0 spiro atoms. The summed E-state index contributed by atoms with van der Waals surface area (Å²) in [4.78, 5) is 121. The predicted molar refractivity (Wildman–Crippen MR) is 239 cm³/mol. The number of nitrogens with one attached hydrogen (secondary N) is 7. The van der Waals surface area contributed by atoms with Crippen LogP contribution in [-0.2, 0) is 60.7 Å². The number of allylic oxidation sites excluding steroid dienone is 2. The molecule has 0 bridgehead atoms. The van der Waals surface area contributed by atoms with Crippen LogP contribution in [0.5, 0.6) is 11.5 Å². The Labute approximate surface area is 382 Å². The summed E-state index contributed by atoms with van der Waals surface area (Å²) >= 11 is 0. The fourth-order valence-corrected chi connectivity index (χ4v) is 6.58. The average molecular weight is 920 g/mol. The highest BCUT2D eigenvalue weighted by atomic mass is 16.5. The molecule has 20 nitrogen and oxygen atoms in total. The monoisotopic (exact) mass is 919 g/mol. The first-order chi connectivity index (χ1) is 31.1. The number of amides is 7. The number of phenolic OH excluding ortho intramolecular Hbond substituents is 2. The maximum absolute atomic E-state index is 14.4. The maximum Gasteiger partial charge on any atom is 0.328 e. The van der Waals surface area contributed by atoms with Gasteiger partial charge in [0.1, 0.15) is 59.6 Å². The first-order valence-electron chi connectivity index (χ1n) is 21.5. The second-order valence-corrected chi connectivity index (χ2v) is 16.2. The van der Waals surface area contributed by atoms with Gasteiger partial charge in [-0.05, 0) is 102 Å². The van der Waals surface area contributed by atoms with E-state index < -0.39 is 114 Å². The van der Waals surface area contributed by atoms with E-state index >= 15 is 0 Å². The normalized spacial score (nSPS) is 21.6. The lowest BCUT2D eigenvalue weighted by molar-refractivity contribution is -0.156. The van der Waals surface area contributed by atoms with Crippen molar-refractivity contribution >= 4 is 53.3 Å². The van der Waals surface area contributed by atoms with Crippen molar-refractivity contribution < 1.29 is 63.2 Å². The van der Waals surface area contributed by atoms with E-state index in [1.54, 1.807) is 45.9 Å². The average Bonchev–Trinajstić information content (AvgIpc) is 3.27. The summed E-state index contributed by atoms with van der Waals surface area (Å²) in [5.74, 6) is -8.97. The number of esters is 1. The molecule has 7 atom stereocenters. The van der Waals surface area contributed by atoms with Gasteiger partial charge in [0, 0.05) is 18.4 Å². The van der Waals surface area contributed by atoms with Crippen molar-refractivity contribution in [2.24, 2.45) is 5.92 Å². The van der Waals surface area contributed by atoms with Crippen LogP contribution in [0, 0.1) is 5.92 Å². The molecule has 1 aliphatic rings. The van der Waals surface area contributed by atoms with E-state index in [-0.39, 0.29) is 36.5 Å². The molecule has 1 aliphatic heterocycles. The number of aromatic hydroxyl groups is 2. The minimum atomic E-state index is -1.78. The minimum Gasteiger partial charge on any atom is -0.508 e. The summed E-state index contributed by atoms with van der Waals surface area (Å²) in [7, 11) is 0. The Bertz CT molecular complexity index is 2160. The zero-order valence-corrected chi connectivity index (χ0v) is 38.1. The van der Waals surface area contributed by atoms with Crippen LogP contribution < -0.4 is 37.2 Å². The van der Waals surface area contributed by atoms with Gasteiger partial charge in [0.2, 0.25) is 35.4 Å². The largest absolute Gasteiger partial charge is 0.508 e. The fraction of sp³-hybridized carbons (Fsp3) is 0.457. The van der Waals surface area contributed by atoms with Crippen molar-refractivity contribution in [3.63, 3.8) is 0 Å². The first kappa shape index (κ1) is 53.1. The van der Waals surface area contributed by atoms with Crippen molar-refractivity contribution in [3.05, 3.63) is 83.1 Å². The summed E-state index contributed by atoms with van der Waals surface area (Å²) in [5.41, 5.74) is 1.23. The Morgan fingerprint density at radius 3 is 1.94 bits per heavy atom. The van der Waals surface area contributed by atoms with Gasteiger partial charge in [0.05, 0.1) is 0 Å². The third-order valence-electron chi connectivity index (χ3n) is 10.7. The van der Waals surface area contributed by atoms with E-state index in [1.165, 1.54) is 63.2 Å². The first-order valence-corrected chi connectivity index (χ1v) is 21.5. The van der Waals surface area contributed by atoms with Gasteiger partial charge in [-0.2, -0.15) is 0 Å². The Hall–Kier alpha value is -7.25. The van der Waals surface area contributed by atoms with E-state index in [4.69, 9.17) is 4.74 Å². The molecule has 0 saturated carbocycles. The van der Waals surface area contributed by atoms with Gasteiger partial charge in [0.25, 0.3) is 5.91 Å².